The lowest BCUT2D eigenvalue weighted by molar-refractivity contribution is 0.441. The van der Waals surface area contributed by atoms with Crippen molar-refractivity contribution in [2.75, 3.05) is 0 Å². The minimum Gasteiger partial charge on any atom is -0.457 e. The zero-order chi connectivity index (χ0) is 16.9. The first-order chi connectivity index (χ1) is 12.4. The van der Waals surface area contributed by atoms with Crippen molar-refractivity contribution in [1.29, 1.82) is 0 Å². The van der Waals surface area contributed by atoms with Crippen LogP contribution in [0.15, 0.2) is 48.5 Å². The molecule has 0 aliphatic heterocycles. The molecule has 2 fully saturated rings. The predicted molar refractivity (Wildman–Crippen MR) is 105 cm³/mol. The first kappa shape index (κ1) is 16.7. The molecule has 0 aromatic heterocycles. The van der Waals surface area contributed by atoms with Crippen molar-refractivity contribution in [3.05, 3.63) is 59.7 Å². The van der Waals surface area contributed by atoms with E-state index in [2.05, 4.69) is 48.5 Å². The summed E-state index contributed by atoms with van der Waals surface area (Å²) in [6, 6.07) is 17.6. The van der Waals surface area contributed by atoms with Crippen LogP contribution in [-0.4, -0.2) is 0 Å². The van der Waals surface area contributed by atoms with Gasteiger partial charge in [-0.15, -0.1) is 0 Å². The first-order valence-electron chi connectivity index (χ1n) is 10.3. The summed E-state index contributed by atoms with van der Waals surface area (Å²) in [5.74, 6) is 3.42. The fraction of sp³-hybridized carbons (Fsp3) is 0.500. The lowest BCUT2D eigenvalue weighted by Crippen LogP contribution is -2.04. The quantitative estimate of drug-likeness (QED) is 0.560. The minimum absolute atomic E-state index is 0.762. The average Bonchev–Trinajstić information content (AvgIpc) is 2.71. The molecular formula is C24H30O. The zero-order valence-corrected chi connectivity index (χ0v) is 15.3. The summed E-state index contributed by atoms with van der Waals surface area (Å²) >= 11 is 0. The molecule has 4 rings (SSSR count). The molecule has 0 radical (unpaired) electrons. The highest BCUT2D eigenvalue weighted by Crippen LogP contribution is 2.35. The van der Waals surface area contributed by atoms with Crippen molar-refractivity contribution in [3.63, 3.8) is 0 Å². The predicted octanol–water partition coefficient (Wildman–Crippen LogP) is 7.57. The molecule has 132 valence electrons. The molecule has 0 bridgehead atoms. The fourth-order valence-electron chi connectivity index (χ4n) is 4.62. The summed E-state index contributed by atoms with van der Waals surface area (Å²) in [6.45, 7) is 0. The van der Waals surface area contributed by atoms with Gasteiger partial charge in [0.05, 0.1) is 0 Å². The van der Waals surface area contributed by atoms with Crippen LogP contribution in [0.1, 0.15) is 87.2 Å². The second-order valence-corrected chi connectivity index (χ2v) is 7.91. The van der Waals surface area contributed by atoms with E-state index in [4.69, 9.17) is 4.74 Å². The van der Waals surface area contributed by atoms with Crippen molar-refractivity contribution >= 4 is 0 Å². The van der Waals surface area contributed by atoms with E-state index in [0.717, 1.165) is 23.3 Å². The van der Waals surface area contributed by atoms with Gasteiger partial charge in [-0.25, -0.2) is 0 Å². The monoisotopic (exact) mass is 334 g/mol. The van der Waals surface area contributed by atoms with Crippen LogP contribution in [0.25, 0.3) is 0 Å². The Bertz CT molecular complexity index is 584. The van der Waals surface area contributed by atoms with Gasteiger partial charge in [0, 0.05) is 0 Å². The summed E-state index contributed by atoms with van der Waals surface area (Å²) in [5, 5.41) is 0. The van der Waals surface area contributed by atoms with E-state index in [9.17, 15) is 0 Å². The van der Waals surface area contributed by atoms with Crippen molar-refractivity contribution in [2.24, 2.45) is 0 Å². The van der Waals surface area contributed by atoms with Crippen molar-refractivity contribution in [3.8, 4) is 11.5 Å². The molecule has 2 aliphatic rings. The Balaban J connectivity index is 1.38. The lowest BCUT2D eigenvalue weighted by Gasteiger charge is -2.22. The van der Waals surface area contributed by atoms with Crippen LogP contribution >= 0.6 is 0 Å². The van der Waals surface area contributed by atoms with Gasteiger partial charge in [0.2, 0.25) is 0 Å². The lowest BCUT2D eigenvalue weighted by atomic mass is 9.84. The van der Waals surface area contributed by atoms with Gasteiger partial charge in [-0.05, 0) is 72.9 Å². The standard InChI is InChI=1S/C24H30O/c1-3-7-19(8-4-1)21-11-15-23(16-12-21)25-24-17-13-22(14-18-24)20-9-5-2-6-10-20/h11-20H,1-10H2. The molecule has 0 amide bonds. The van der Waals surface area contributed by atoms with Gasteiger partial charge in [0.15, 0.2) is 0 Å². The zero-order valence-electron chi connectivity index (χ0n) is 15.3. The third kappa shape index (κ3) is 4.26. The van der Waals surface area contributed by atoms with Crippen LogP contribution in [0.2, 0.25) is 0 Å². The Morgan fingerprint density at radius 1 is 0.480 bits per heavy atom. The van der Waals surface area contributed by atoms with Gasteiger partial charge >= 0.3 is 0 Å². The average molecular weight is 335 g/mol. The van der Waals surface area contributed by atoms with Gasteiger partial charge < -0.3 is 4.74 Å². The molecule has 0 heterocycles. The summed E-state index contributed by atoms with van der Waals surface area (Å²) in [7, 11) is 0. The maximum absolute atomic E-state index is 6.06. The highest BCUT2D eigenvalue weighted by molar-refractivity contribution is 5.36. The molecule has 0 saturated heterocycles. The molecule has 2 saturated carbocycles. The highest BCUT2D eigenvalue weighted by atomic mass is 16.5. The Morgan fingerprint density at radius 2 is 0.840 bits per heavy atom. The van der Waals surface area contributed by atoms with Crippen LogP contribution in [0.3, 0.4) is 0 Å². The van der Waals surface area contributed by atoms with Crippen molar-refractivity contribution in [1.82, 2.24) is 0 Å². The van der Waals surface area contributed by atoms with Gasteiger partial charge in [-0.3, -0.25) is 0 Å². The third-order valence-electron chi connectivity index (χ3n) is 6.15. The molecule has 2 aliphatic carbocycles. The van der Waals surface area contributed by atoms with Crippen LogP contribution in [0, 0.1) is 0 Å². The molecular weight excluding hydrogens is 304 g/mol. The first-order valence-corrected chi connectivity index (χ1v) is 10.3. The number of benzene rings is 2. The molecule has 25 heavy (non-hydrogen) atoms. The molecule has 1 nitrogen and oxygen atoms in total. The van der Waals surface area contributed by atoms with Crippen LogP contribution < -0.4 is 4.74 Å². The van der Waals surface area contributed by atoms with Crippen LogP contribution in [0.4, 0.5) is 0 Å². The van der Waals surface area contributed by atoms with E-state index >= 15 is 0 Å². The van der Waals surface area contributed by atoms with Gasteiger partial charge in [0.25, 0.3) is 0 Å². The van der Waals surface area contributed by atoms with Crippen LogP contribution in [-0.2, 0) is 0 Å². The largest absolute Gasteiger partial charge is 0.457 e. The smallest absolute Gasteiger partial charge is 0.127 e. The molecule has 2 aromatic rings. The minimum atomic E-state index is 0.762. The van der Waals surface area contributed by atoms with E-state index in [0.29, 0.717) is 0 Å². The number of hydrogen-bond donors (Lipinski definition) is 0. The summed E-state index contributed by atoms with van der Waals surface area (Å²) < 4.78 is 6.06. The fourth-order valence-corrected chi connectivity index (χ4v) is 4.62. The van der Waals surface area contributed by atoms with Crippen molar-refractivity contribution < 1.29 is 4.74 Å². The van der Waals surface area contributed by atoms with Crippen molar-refractivity contribution in [2.45, 2.75) is 76.0 Å². The third-order valence-corrected chi connectivity index (χ3v) is 6.15. The van der Waals surface area contributed by atoms with Crippen LogP contribution in [0.5, 0.6) is 11.5 Å². The van der Waals surface area contributed by atoms with E-state index in [1.807, 2.05) is 0 Å². The number of rotatable bonds is 4. The number of ether oxygens (including phenoxy) is 1. The van der Waals surface area contributed by atoms with E-state index < -0.39 is 0 Å². The Hall–Kier alpha value is -1.76. The maximum Gasteiger partial charge on any atom is 0.127 e. The molecule has 0 spiro atoms. The summed E-state index contributed by atoms with van der Waals surface area (Å²) in [4.78, 5) is 0. The molecule has 0 atom stereocenters. The Morgan fingerprint density at radius 3 is 1.20 bits per heavy atom. The Labute approximate surface area is 152 Å². The second kappa shape index (κ2) is 8.08. The Kier molecular flexibility index (Phi) is 5.40. The highest BCUT2D eigenvalue weighted by Gasteiger charge is 2.16. The maximum atomic E-state index is 6.06. The van der Waals surface area contributed by atoms with E-state index in [1.54, 1.807) is 0 Å². The van der Waals surface area contributed by atoms with E-state index in [1.165, 1.54) is 75.3 Å². The molecule has 1 heteroatoms. The SMILES string of the molecule is c1cc(C2CCCCC2)ccc1Oc1ccc(C2CCCCC2)cc1. The topological polar surface area (TPSA) is 9.23 Å². The normalized spacial score (nSPS) is 19.7. The second-order valence-electron chi connectivity index (χ2n) is 7.91. The van der Waals surface area contributed by atoms with E-state index in [-0.39, 0.29) is 0 Å². The number of hydrogen-bond acceptors (Lipinski definition) is 1. The molecule has 2 aromatic carbocycles. The summed E-state index contributed by atoms with van der Waals surface area (Å²) in [5.41, 5.74) is 2.97. The van der Waals surface area contributed by atoms with Gasteiger partial charge in [-0.1, -0.05) is 62.8 Å². The van der Waals surface area contributed by atoms with Gasteiger partial charge in [0.1, 0.15) is 11.5 Å². The van der Waals surface area contributed by atoms with Gasteiger partial charge in [-0.2, -0.15) is 0 Å². The summed E-state index contributed by atoms with van der Waals surface area (Å²) in [6.07, 6.45) is 13.8. The molecule has 0 N–H and O–H groups in total. The molecule has 0 unspecified atom stereocenters.